The lowest BCUT2D eigenvalue weighted by atomic mass is 10.1. The molecule has 1 amide bonds. The van der Waals surface area contributed by atoms with Gasteiger partial charge >= 0.3 is 12.1 Å². The lowest BCUT2D eigenvalue weighted by Gasteiger charge is -2.17. The molecule has 0 aromatic carbocycles. The van der Waals surface area contributed by atoms with Crippen LogP contribution in [0.15, 0.2) is 0 Å². The van der Waals surface area contributed by atoms with Gasteiger partial charge in [-0.1, -0.05) is 64.7 Å². The second-order valence-electron chi connectivity index (χ2n) is 5.55. The highest BCUT2D eigenvalue weighted by atomic mass is 16.6. The average molecular weight is 325 g/mol. The van der Waals surface area contributed by atoms with Gasteiger partial charge < -0.3 is 14.8 Å². The smallest absolute Gasteiger partial charge is 0.408 e. The minimum atomic E-state index is -0.680. The first-order valence-corrected chi connectivity index (χ1v) is 8.69. The Balaban J connectivity index is 4.04. The molecule has 0 radical (unpaired) electrons. The zero-order valence-electron chi connectivity index (χ0n) is 14.6. The number of carbonyl (C=O) groups is 2. The maximum atomic E-state index is 12.1. The lowest BCUT2D eigenvalue weighted by Crippen LogP contribution is -2.42. The SMILES string of the molecule is C#CCOC(=O)NC(CCCC)C(=O)OCCCCCCCC. The number of esters is 1. The predicted molar refractivity (Wildman–Crippen MR) is 91.0 cm³/mol. The number of rotatable bonds is 13. The summed E-state index contributed by atoms with van der Waals surface area (Å²) >= 11 is 0. The highest BCUT2D eigenvalue weighted by molar-refractivity contribution is 5.81. The first-order chi connectivity index (χ1) is 11.2. The van der Waals surface area contributed by atoms with Crippen LogP contribution < -0.4 is 5.32 Å². The standard InChI is InChI=1S/C18H31NO4/c1-4-7-9-10-11-12-15-22-17(20)16(13-8-5-2)19-18(21)23-14-6-3/h3,16H,4-5,7-15H2,1-2H3,(H,19,21). The molecule has 23 heavy (non-hydrogen) atoms. The van der Waals surface area contributed by atoms with Crippen LogP contribution >= 0.6 is 0 Å². The third kappa shape index (κ3) is 12.5. The molecule has 0 aromatic rings. The Labute approximate surface area is 140 Å². The third-order valence-corrected chi connectivity index (χ3v) is 3.45. The summed E-state index contributed by atoms with van der Waals surface area (Å²) < 4.78 is 10.0. The third-order valence-electron chi connectivity index (χ3n) is 3.45. The van der Waals surface area contributed by atoms with Gasteiger partial charge in [0.1, 0.15) is 6.04 Å². The van der Waals surface area contributed by atoms with Crippen molar-refractivity contribution in [3.63, 3.8) is 0 Å². The van der Waals surface area contributed by atoms with Crippen LogP contribution in [0.5, 0.6) is 0 Å². The van der Waals surface area contributed by atoms with Crippen molar-refractivity contribution in [3.8, 4) is 12.3 Å². The molecular formula is C18H31NO4. The Morgan fingerprint density at radius 3 is 2.30 bits per heavy atom. The first-order valence-electron chi connectivity index (χ1n) is 8.69. The van der Waals surface area contributed by atoms with Gasteiger partial charge in [-0.05, 0) is 12.8 Å². The van der Waals surface area contributed by atoms with Crippen LogP contribution in [-0.4, -0.2) is 31.3 Å². The molecule has 0 bridgehead atoms. The fourth-order valence-corrected chi connectivity index (χ4v) is 2.10. The molecule has 0 rings (SSSR count). The van der Waals surface area contributed by atoms with E-state index in [0.717, 1.165) is 25.7 Å². The van der Waals surface area contributed by atoms with E-state index in [1.807, 2.05) is 6.92 Å². The van der Waals surface area contributed by atoms with Crippen molar-refractivity contribution in [2.45, 2.75) is 77.7 Å². The maximum absolute atomic E-state index is 12.1. The van der Waals surface area contributed by atoms with Gasteiger partial charge in [0.25, 0.3) is 0 Å². The Kier molecular flexibility index (Phi) is 14.1. The van der Waals surface area contributed by atoms with Crippen LogP contribution in [0.1, 0.15) is 71.6 Å². The molecule has 132 valence electrons. The molecule has 0 aliphatic rings. The molecule has 0 aliphatic heterocycles. The Morgan fingerprint density at radius 2 is 1.65 bits per heavy atom. The van der Waals surface area contributed by atoms with Gasteiger partial charge in [0, 0.05) is 0 Å². The average Bonchev–Trinajstić information content (AvgIpc) is 2.55. The molecule has 1 unspecified atom stereocenters. The molecule has 0 aromatic heterocycles. The topological polar surface area (TPSA) is 64.6 Å². The number of carbonyl (C=O) groups excluding carboxylic acids is 2. The van der Waals surface area contributed by atoms with E-state index in [-0.39, 0.29) is 6.61 Å². The molecule has 0 aliphatic carbocycles. The second kappa shape index (κ2) is 15.2. The fraction of sp³-hybridized carbons (Fsp3) is 0.778. The molecule has 0 fully saturated rings. The molecule has 0 saturated carbocycles. The lowest BCUT2D eigenvalue weighted by molar-refractivity contribution is -0.146. The van der Waals surface area contributed by atoms with Gasteiger partial charge in [-0.2, -0.15) is 0 Å². The summed E-state index contributed by atoms with van der Waals surface area (Å²) in [4.78, 5) is 23.6. The molecular weight excluding hydrogens is 294 g/mol. The van der Waals surface area contributed by atoms with Crippen molar-refractivity contribution in [2.75, 3.05) is 13.2 Å². The molecule has 0 spiro atoms. The Bertz CT molecular complexity index is 363. The maximum Gasteiger partial charge on any atom is 0.408 e. The summed E-state index contributed by atoms with van der Waals surface area (Å²) in [7, 11) is 0. The summed E-state index contributed by atoms with van der Waals surface area (Å²) in [6, 6.07) is -0.666. The van der Waals surface area contributed by atoms with E-state index in [1.54, 1.807) is 0 Å². The van der Waals surface area contributed by atoms with Crippen LogP contribution in [0.25, 0.3) is 0 Å². The second-order valence-corrected chi connectivity index (χ2v) is 5.55. The molecule has 5 heteroatoms. The van der Waals surface area contributed by atoms with Crippen molar-refractivity contribution in [1.82, 2.24) is 5.32 Å². The van der Waals surface area contributed by atoms with Gasteiger partial charge in [-0.15, -0.1) is 6.42 Å². The molecule has 0 saturated heterocycles. The number of alkyl carbamates (subject to hydrolysis) is 1. The van der Waals surface area contributed by atoms with Crippen LogP contribution in [-0.2, 0) is 14.3 Å². The molecule has 1 N–H and O–H groups in total. The quantitative estimate of drug-likeness (QED) is 0.318. The monoisotopic (exact) mass is 325 g/mol. The van der Waals surface area contributed by atoms with Crippen LogP contribution in [0.4, 0.5) is 4.79 Å². The normalized spacial score (nSPS) is 11.3. The zero-order chi connectivity index (χ0) is 17.3. The highest BCUT2D eigenvalue weighted by Crippen LogP contribution is 2.07. The molecule has 5 nitrogen and oxygen atoms in total. The fourth-order valence-electron chi connectivity index (χ4n) is 2.10. The summed E-state index contributed by atoms with van der Waals surface area (Å²) in [5, 5.41) is 2.52. The van der Waals surface area contributed by atoms with Gasteiger partial charge in [-0.25, -0.2) is 9.59 Å². The number of unbranched alkanes of at least 4 members (excludes halogenated alkanes) is 6. The van der Waals surface area contributed by atoms with E-state index >= 15 is 0 Å². The van der Waals surface area contributed by atoms with E-state index in [1.165, 1.54) is 25.7 Å². The zero-order valence-corrected chi connectivity index (χ0v) is 14.6. The van der Waals surface area contributed by atoms with E-state index in [0.29, 0.717) is 13.0 Å². The van der Waals surface area contributed by atoms with E-state index < -0.39 is 18.1 Å². The largest absolute Gasteiger partial charge is 0.464 e. The number of hydrogen-bond acceptors (Lipinski definition) is 4. The molecule has 1 atom stereocenters. The minimum Gasteiger partial charge on any atom is -0.464 e. The summed E-state index contributed by atoms with van der Waals surface area (Å²) in [5.74, 6) is 1.81. The number of nitrogens with one attached hydrogen (secondary N) is 1. The van der Waals surface area contributed by atoms with Gasteiger partial charge in [0.05, 0.1) is 6.61 Å². The Morgan fingerprint density at radius 1 is 1.00 bits per heavy atom. The van der Waals surface area contributed by atoms with Crippen LogP contribution in [0, 0.1) is 12.3 Å². The van der Waals surface area contributed by atoms with Crippen LogP contribution in [0.2, 0.25) is 0 Å². The van der Waals surface area contributed by atoms with E-state index in [9.17, 15) is 9.59 Å². The number of ether oxygens (including phenoxy) is 2. The summed E-state index contributed by atoms with van der Waals surface area (Å²) in [6.07, 6.45) is 13.4. The number of hydrogen-bond donors (Lipinski definition) is 1. The van der Waals surface area contributed by atoms with Crippen LogP contribution in [0.3, 0.4) is 0 Å². The van der Waals surface area contributed by atoms with Crippen molar-refractivity contribution >= 4 is 12.1 Å². The minimum absolute atomic E-state index is 0.112. The first kappa shape index (κ1) is 21.3. The number of amides is 1. The predicted octanol–water partition coefficient (Wildman–Crippen LogP) is 3.81. The number of terminal acetylenes is 1. The van der Waals surface area contributed by atoms with Crippen molar-refractivity contribution in [2.24, 2.45) is 0 Å². The van der Waals surface area contributed by atoms with Gasteiger partial charge in [-0.3, -0.25) is 0 Å². The van der Waals surface area contributed by atoms with E-state index in [2.05, 4.69) is 18.2 Å². The summed E-state index contributed by atoms with van der Waals surface area (Å²) in [6.45, 7) is 4.49. The molecule has 0 heterocycles. The van der Waals surface area contributed by atoms with Crippen molar-refractivity contribution < 1.29 is 19.1 Å². The van der Waals surface area contributed by atoms with Gasteiger partial charge in [0.2, 0.25) is 0 Å². The van der Waals surface area contributed by atoms with Crippen molar-refractivity contribution in [1.29, 1.82) is 0 Å². The Hall–Kier alpha value is -1.70. The highest BCUT2D eigenvalue weighted by Gasteiger charge is 2.22. The van der Waals surface area contributed by atoms with E-state index in [4.69, 9.17) is 15.9 Å². The van der Waals surface area contributed by atoms with Gasteiger partial charge in [0.15, 0.2) is 6.61 Å². The van der Waals surface area contributed by atoms with Crippen molar-refractivity contribution in [3.05, 3.63) is 0 Å². The summed E-state index contributed by atoms with van der Waals surface area (Å²) in [5.41, 5.74) is 0.